The van der Waals surface area contributed by atoms with Crippen molar-refractivity contribution >= 4 is 5.82 Å². The highest BCUT2D eigenvalue weighted by atomic mass is 16.5. The lowest BCUT2D eigenvalue weighted by molar-refractivity contribution is 0.414. The Kier molecular flexibility index (Phi) is 3.23. The van der Waals surface area contributed by atoms with E-state index in [1.165, 1.54) is 0 Å². The molecular weight excluding hydrogens is 214 g/mol. The fourth-order valence-corrected chi connectivity index (χ4v) is 1.66. The topological polar surface area (TPSA) is 61.0 Å². The first-order valence-electron chi connectivity index (χ1n) is 5.43. The highest BCUT2D eigenvalue weighted by Crippen LogP contribution is 2.24. The molecule has 0 saturated carbocycles. The number of hydrogen-bond donors (Lipinski definition) is 1. The van der Waals surface area contributed by atoms with Gasteiger partial charge in [0.2, 0.25) is 0 Å². The van der Waals surface area contributed by atoms with Gasteiger partial charge < -0.3 is 10.5 Å². The van der Waals surface area contributed by atoms with Gasteiger partial charge in [-0.15, -0.1) is 0 Å². The summed E-state index contributed by atoms with van der Waals surface area (Å²) >= 11 is 0. The van der Waals surface area contributed by atoms with Crippen molar-refractivity contribution in [3.05, 3.63) is 47.9 Å². The molecule has 1 aromatic heterocycles. The predicted molar refractivity (Wildman–Crippen MR) is 67.0 cm³/mol. The van der Waals surface area contributed by atoms with E-state index in [4.69, 9.17) is 10.5 Å². The normalized spacial score (nSPS) is 12.1. The van der Waals surface area contributed by atoms with Crippen molar-refractivity contribution < 1.29 is 4.74 Å². The van der Waals surface area contributed by atoms with Crippen LogP contribution in [-0.2, 0) is 0 Å². The van der Waals surface area contributed by atoms with Gasteiger partial charge in [0.15, 0.2) is 0 Å². The average molecular weight is 229 g/mol. The third-order valence-electron chi connectivity index (χ3n) is 2.68. The third-order valence-corrected chi connectivity index (χ3v) is 2.68. The Morgan fingerprint density at radius 2 is 2.12 bits per heavy atom. The predicted octanol–water partition coefficient (Wildman–Crippen LogP) is 2.22. The summed E-state index contributed by atoms with van der Waals surface area (Å²) in [5.74, 6) is 2.13. The Balaban J connectivity index is 2.33. The first-order valence-corrected chi connectivity index (χ1v) is 5.43. The summed E-state index contributed by atoms with van der Waals surface area (Å²) in [6.45, 7) is 2.05. The van der Waals surface area contributed by atoms with Crippen LogP contribution in [0, 0.1) is 0 Å². The van der Waals surface area contributed by atoms with Gasteiger partial charge in [0, 0.05) is 12.1 Å². The van der Waals surface area contributed by atoms with Crippen LogP contribution in [0.3, 0.4) is 0 Å². The quantitative estimate of drug-likeness (QED) is 0.876. The van der Waals surface area contributed by atoms with E-state index in [-0.39, 0.29) is 5.92 Å². The monoisotopic (exact) mass is 229 g/mol. The first-order chi connectivity index (χ1) is 8.20. The van der Waals surface area contributed by atoms with Crippen molar-refractivity contribution in [3.8, 4) is 5.75 Å². The highest BCUT2D eigenvalue weighted by molar-refractivity contribution is 5.34. The molecule has 0 aliphatic carbocycles. The molecule has 0 spiro atoms. The van der Waals surface area contributed by atoms with Crippen LogP contribution in [0.25, 0.3) is 0 Å². The largest absolute Gasteiger partial charge is 0.497 e. The molecule has 1 heterocycles. The zero-order valence-electron chi connectivity index (χ0n) is 9.92. The van der Waals surface area contributed by atoms with E-state index in [2.05, 4.69) is 9.97 Å². The molecule has 2 N–H and O–H groups in total. The zero-order valence-corrected chi connectivity index (χ0v) is 9.92. The van der Waals surface area contributed by atoms with Crippen LogP contribution in [0.1, 0.15) is 24.2 Å². The van der Waals surface area contributed by atoms with Gasteiger partial charge in [0.1, 0.15) is 17.4 Å². The molecule has 1 aromatic carbocycles. The number of nitrogens with two attached hydrogens (primary N) is 1. The lowest BCUT2D eigenvalue weighted by Gasteiger charge is -2.11. The molecular formula is C13H15N3O. The van der Waals surface area contributed by atoms with Crippen LogP contribution in [-0.4, -0.2) is 17.1 Å². The van der Waals surface area contributed by atoms with Crippen molar-refractivity contribution in [2.45, 2.75) is 12.8 Å². The Bertz CT molecular complexity index is 514. The first kappa shape index (κ1) is 11.4. The number of nitrogen functional groups attached to an aromatic ring is 1. The number of nitrogens with zero attached hydrogens (tertiary/aromatic N) is 2. The molecule has 17 heavy (non-hydrogen) atoms. The number of benzene rings is 1. The minimum Gasteiger partial charge on any atom is -0.497 e. The average Bonchev–Trinajstić information content (AvgIpc) is 2.38. The van der Waals surface area contributed by atoms with Crippen LogP contribution in [0.5, 0.6) is 5.75 Å². The Morgan fingerprint density at radius 1 is 1.29 bits per heavy atom. The summed E-state index contributed by atoms with van der Waals surface area (Å²) in [5.41, 5.74) is 6.76. The minimum absolute atomic E-state index is 0.0913. The van der Waals surface area contributed by atoms with Gasteiger partial charge in [0.25, 0.3) is 0 Å². The van der Waals surface area contributed by atoms with Gasteiger partial charge in [-0.2, -0.15) is 0 Å². The third kappa shape index (κ3) is 2.53. The lowest BCUT2D eigenvalue weighted by Crippen LogP contribution is -2.04. The highest BCUT2D eigenvalue weighted by Gasteiger charge is 2.12. The SMILES string of the molecule is COc1cccc([C@H](C)c2nccc(N)n2)c1. The van der Waals surface area contributed by atoms with E-state index >= 15 is 0 Å². The van der Waals surface area contributed by atoms with Crippen molar-refractivity contribution in [3.63, 3.8) is 0 Å². The second-order valence-electron chi connectivity index (χ2n) is 3.84. The van der Waals surface area contributed by atoms with Crippen molar-refractivity contribution in [1.82, 2.24) is 9.97 Å². The molecule has 0 fully saturated rings. The van der Waals surface area contributed by atoms with E-state index in [1.807, 2.05) is 31.2 Å². The second-order valence-corrected chi connectivity index (χ2v) is 3.84. The molecule has 0 aliphatic rings. The zero-order chi connectivity index (χ0) is 12.3. The molecule has 0 aliphatic heterocycles. The smallest absolute Gasteiger partial charge is 0.137 e. The summed E-state index contributed by atoms with van der Waals surface area (Å²) in [7, 11) is 1.65. The number of anilines is 1. The lowest BCUT2D eigenvalue weighted by atomic mass is 10.0. The number of methoxy groups -OCH3 is 1. The Hall–Kier alpha value is -2.10. The molecule has 2 aromatic rings. The van der Waals surface area contributed by atoms with Gasteiger partial charge >= 0.3 is 0 Å². The number of rotatable bonds is 3. The van der Waals surface area contributed by atoms with Gasteiger partial charge in [-0.05, 0) is 23.8 Å². The fourth-order valence-electron chi connectivity index (χ4n) is 1.66. The molecule has 0 bridgehead atoms. The minimum atomic E-state index is 0.0913. The van der Waals surface area contributed by atoms with Crippen molar-refractivity contribution in [2.24, 2.45) is 0 Å². The Labute approximate surface area is 100 Å². The van der Waals surface area contributed by atoms with Crippen molar-refractivity contribution in [2.75, 3.05) is 12.8 Å². The maximum absolute atomic E-state index is 5.65. The van der Waals surface area contributed by atoms with E-state index in [1.54, 1.807) is 19.4 Å². The van der Waals surface area contributed by atoms with E-state index in [9.17, 15) is 0 Å². The molecule has 2 rings (SSSR count). The van der Waals surface area contributed by atoms with E-state index in [0.29, 0.717) is 5.82 Å². The van der Waals surface area contributed by atoms with Gasteiger partial charge in [-0.1, -0.05) is 19.1 Å². The molecule has 0 radical (unpaired) electrons. The summed E-state index contributed by atoms with van der Waals surface area (Å²) in [4.78, 5) is 8.47. The molecule has 1 atom stereocenters. The summed E-state index contributed by atoms with van der Waals surface area (Å²) in [6, 6.07) is 9.56. The van der Waals surface area contributed by atoms with Crippen LogP contribution >= 0.6 is 0 Å². The molecule has 0 saturated heterocycles. The maximum Gasteiger partial charge on any atom is 0.137 e. The summed E-state index contributed by atoms with van der Waals surface area (Å²) in [6.07, 6.45) is 1.67. The fraction of sp³-hybridized carbons (Fsp3) is 0.231. The van der Waals surface area contributed by atoms with Crippen molar-refractivity contribution in [1.29, 1.82) is 0 Å². The van der Waals surface area contributed by atoms with Gasteiger partial charge in [-0.3, -0.25) is 0 Å². The standard InChI is InChI=1S/C13H15N3O/c1-9(13-15-7-6-12(14)16-13)10-4-3-5-11(8-10)17-2/h3-9H,1-2H3,(H2,14,15,16)/t9-/m0/s1. The molecule has 88 valence electrons. The number of hydrogen-bond acceptors (Lipinski definition) is 4. The second kappa shape index (κ2) is 4.82. The molecule has 0 unspecified atom stereocenters. The molecule has 4 nitrogen and oxygen atoms in total. The van der Waals surface area contributed by atoms with Crippen LogP contribution in [0.4, 0.5) is 5.82 Å². The number of aromatic nitrogens is 2. The van der Waals surface area contributed by atoms with Crippen LogP contribution in [0.2, 0.25) is 0 Å². The van der Waals surface area contributed by atoms with Gasteiger partial charge in [0.05, 0.1) is 7.11 Å². The van der Waals surface area contributed by atoms with E-state index < -0.39 is 0 Å². The summed E-state index contributed by atoms with van der Waals surface area (Å²) in [5, 5.41) is 0. The number of ether oxygens (including phenoxy) is 1. The molecule has 4 heteroatoms. The maximum atomic E-state index is 5.65. The Morgan fingerprint density at radius 3 is 2.82 bits per heavy atom. The van der Waals surface area contributed by atoms with Crippen LogP contribution in [0.15, 0.2) is 36.5 Å². The summed E-state index contributed by atoms with van der Waals surface area (Å²) < 4.78 is 5.20. The van der Waals surface area contributed by atoms with E-state index in [0.717, 1.165) is 17.1 Å². The molecule has 0 amide bonds. The van der Waals surface area contributed by atoms with Gasteiger partial charge in [-0.25, -0.2) is 9.97 Å². The van der Waals surface area contributed by atoms with Crippen LogP contribution < -0.4 is 10.5 Å².